The van der Waals surface area contributed by atoms with Gasteiger partial charge in [0.2, 0.25) is 0 Å². The lowest BCUT2D eigenvalue weighted by atomic mass is 9.66. The summed E-state index contributed by atoms with van der Waals surface area (Å²) in [5.74, 6) is -1.63. The van der Waals surface area contributed by atoms with Crippen molar-refractivity contribution in [3.8, 4) is 0 Å². The van der Waals surface area contributed by atoms with Crippen molar-refractivity contribution in [1.29, 1.82) is 0 Å². The summed E-state index contributed by atoms with van der Waals surface area (Å²) in [6.07, 6.45) is 0.461. The van der Waals surface area contributed by atoms with E-state index in [-0.39, 0.29) is 23.8 Å². The van der Waals surface area contributed by atoms with Crippen LogP contribution in [0.2, 0.25) is 0 Å². The Kier molecular flexibility index (Phi) is 4.95. The van der Waals surface area contributed by atoms with E-state index in [2.05, 4.69) is 6.58 Å². The molecule has 0 radical (unpaired) electrons. The lowest BCUT2D eigenvalue weighted by Gasteiger charge is -2.38. The Labute approximate surface area is 132 Å². The van der Waals surface area contributed by atoms with Crippen LogP contribution in [-0.2, 0) is 23.8 Å². The molecule has 4 atom stereocenters. The Morgan fingerprint density at radius 1 is 1.27 bits per heavy atom. The first kappa shape index (κ1) is 17.0. The van der Waals surface area contributed by atoms with E-state index < -0.39 is 17.4 Å². The van der Waals surface area contributed by atoms with Crippen LogP contribution in [0.4, 0.5) is 0 Å². The third-order valence-electron chi connectivity index (χ3n) is 4.29. The Bertz CT molecular complexity index is 462. The van der Waals surface area contributed by atoms with Crippen LogP contribution in [0.5, 0.6) is 0 Å². The molecule has 1 heterocycles. The molecule has 0 aromatic heterocycles. The van der Waals surface area contributed by atoms with Gasteiger partial charge in [-0.2, -0.15) is 0 Å². The molecule has 0 N–H and O–H groups in total. The van der Waals surface area contributed by atoms with Crippen LogP contribution in [0.1, 0.15) is 34.1 Å². The second-order valence-corrected chi connectivity index (χ2v) is 7.09. The minimum absolute atomic E-state index is 0.0437. The van der Waals surface area contributed by atoms with Crippen molar-refractivity contribution < 1.29 is 23.8 Å². The van der Waals surface area contributed by atoms with Gasteiger partial charge in [0.25, 0.3) is 0 Å². The zero-order valence-electron chi connectivity index (χ0n) is 13.9. The molecule has 1 aliphatic heterocycles. The minimum atomic E-state index is -0.583. The normalized spacial score (nSPS) is 31.5. The quantitative estimate of drug-likeness (QED) is 0.591. The van der Waals surface area contributed by atoms with Gasteiger partial charge in [0.05, 0.1) is 31.7 Å². The third kappa shape index (κ3) is 3.51. The Morgan fingerprint density at radius 2 is 1.95 bits per heavy atom. The van der Waals surface area contributed by atoms with Gasteiger partial charge < -0.3 is 14.2 Å². The molecule has 1 aliphatic carbocycles. The second-order valence-electron chi connectivity index (χ2n) is 7.09. The van der Waals surface area contributed by atoms with Gasteiger partial charge in [0.15, 0.2) is 0 Å². The molecule has 2 fully saturated rings. The molecule has 0 bridgehead atoms. The summed E-state index contributed by atoms with van der Waals surface area (Å²) in [6, 6.07) is 0. The van der Waals surface area contributed by atoms with Crippen LogP contribution in [0.15, 0.2) is 12.2 Å². The molecule has 0 spiro atoms. The van der Waals surface area contributed by atoms with Crippen molar-refractivity contribution in [1.82, 2.24) is 0 Å². The van der Waals surface area contributed by atoms with Gasteiger partial charge in [-0.1, -0.05) is 12.2 Å². The Hall–Kier alpha value is -1.36. The molecular formula is C17H26O5. The van der Waals surface area contributed by atoms with Crippen molar-refractivity contribution in [3.05, 3.63) is 12.2 Å². The molecule has 1 saturated heterocycles. The molecule has 0 aromatic rings. The smallest absolute Gasteiger partial charge is 0.310 e. The third-order valence-corrected chi connectivity index (χ3v) is 4.29. The highest BCUT2D eigenvalue weighted by Crippen LogP contribution is 2.46. The van der Waals surface area contributed by atoms with Gasteiger partial charge >= 0.3 is 11.9 Å². The summed E-state index contributed by atoms with van der Waals surface area (Å²) >= 11 is 0. The van der Waals surface area contributed by atoms with Crippen LogP contribution in [0.25, 0.3) is 0 Å². The molecule has 5 heteroatoms. The lowest BCUT2D eigenvalue weighted by Crippen LogP contribution is -2.45. The first-order valence-corrected chi connectivity index (χ1v) is 7.89. The molecule has 2 aliphatic rings. The first-order valence-electron chi connectivity index (χ1n) is 7.89. The van der Waals surface area contributed by atoms with Crippen molar-refractivity contribution in [2.24, 2.45) is 23.7 Å². The fourth-order valence-electron chi connectivity index (χ4n) is 3.39. The first-order chi connectivity index (χ1) is 10.2. The molecule has 124 valence electrons. The molecule has 2 rings (SSSR count). The average molecular weight is 310 g/mol. The standard InChI is InChI=1S/C17H26O5/c1-6-21-16(19)14-11(15(18)22-17(3,4)5)7-10(2)12-8-20-9-13(12)14/h11-14H,2,6-9H2,1,3-5H3. The predicted molar refractivity (Wildman–Crippen MR) is 81.0 cm³/mol. The Morgan fingerprint density at radius 3 is 2.55 bits per heavy atom. The monoisotopic (exact) mass is 310 g/mol. The maximum atomic E-state index is 12.6. The zero-order chi connectivity index (χ0) is 16.5. The van der Waals surface area contributed by atoms with Gasteiger partial charge in [0, 0.05) is 11.8 Å². The highest BCUT2D eigenvalue weighted by molar-refractivity contribution is 5.83. The Balaban J connectivity index is 2.25. The van der Waals surface area contributed by atoms with E-state index in [4.69, 9.17) is 14.2 Å². The van der Waals surface area contributed by atoms with Crippen molar-refractivity contribution in [3.63, 3.8) is 0 Å². The molecule has 1 saturated carbocycles. The van der Waals surface area contributed by atoms with Crippen LogP contribution in [0.3, 0.4) is 0 Å². The lowest BCUT2D eigenvalue weighted by molar-refractivity contribution is -0.171. The van der Waals surface area contributed by atoms with E-state index in [1.807, 2.05) is 20.8 Å². The van der Waals surface area contributed by atoms with E-state index >= 15 is 0 Å². The largest absolute Gasteiger partial charge is 0.466 e. The summed E-state index contributed by atoms with van der Waals surface area (Å²) in [7, 11) is 0. The molecular weight excluding hydrogens is 284 g/mol. The van der Waals surface area contributed by atoms with Crippen molar-refractivity contribution >= 4 is 11.9 Å². The fraction of sp³-hybridized carbons (Fsp3) is 0.765. The molecule has 4 unspecified atom stereocenters. The van der Waals surface area contributed by atoms with Gasteiger partial charge in [-0.25, -0.2) is 0 Å². The fourth-order valence-corrected chi connectivity index (χ4v) is 3.39. The number of fused-ring (bicyclic) bond motifs is 1. The summed E-state index contributed by atoms with van der Waals surface area (Å²) in [5.41, 5.74) is 0.389. The van der Waals surface area contributed by atoms with Crippen LogP contribution < -0.4 is 0 Å². The molecule has 0 amide bonds. The van der Waals surface area contributed by atoms with Gasteiger partial charge in [-0.15, -0.1) is 0 Å². The zero-order valence-corrected chi connectivity index (χ0v) is 13.9. The summed E-state index contributed by atoms with van der Waals surface area (Å²) < 4.78 is 16.2. The average Bonchev–Trinajstić information content (AvgIpc) is 2.86. The predicted octanol–water partition coefficient (Wildman–Crippen LogP) is 2.35. The van der Waals surface area contributed by atoms with Crippen molar-refractivity contribution in [2.75, 3.05) is 19.8 Å². The number of hydrogen-bond donors (Lipinski definition) is 0. The molecule has 0 aromatic carbocycles. The van der Waals surface area contributed by atoms with Crippen LogP contribution in [0, 0.1) is 23.7 Å². The summed E-state index contributed by atoms with van der Waals surface area (Å²) in [5, 5.41) is 0. The number of ether oxygens (including phenoxy) is 3. The van der Waals surface area contributed by atoms with E-state index in [0.717, 1.165) is 5.57 Å². The maximum absolute atomic E-state index is 12.6. The second kappa shape index (κ2) is 6.41. The minimum Gasteiger partial charge on any atom is -0.466 e. The maximum Gasteiger partial charge on any atom is 0.310 e. The number of rotatable bonds is 3. The summed E-state index contributed by atoms with van der Waals surface area (Å²) in [6.45, 7) is 12.7. The van der Waals surface area contributed by atoms with Crippen LogP contribution in [-0.4, -0.2) is 37.4 Å². The van der Waals surface area contributed by atoms with Gasteiger partial charge in [-0.05, 0) is 34.1 Å². The molecule has 5 nitrogen and oxygen atoms in total. The van der Waals surface area contributed by atoms with Crippen molar-refractivity contribution in [2.45, 2.75) is 39.7 Å². The van der Waals surface area contributed by atoms with Gasteiger partial charge in [0.1, 0.15) is 5.60 Å². The highest BCUT2D eigenvalue weighted by atomic mass is 16.6. The molecule has 22 heavy (non-hydrogen) atoms. The van der Waals surface area contributed by atoms with Crippen LogP contribution >= 0.6 is 0 Å². The number of carbonyl (C=O) groups is 2. The highest BCUT2D eigenvalue weighted by Gasteiger charge is 2.51. The van der Waals surface area contributed by atoms with E-state index in [1.54, 1.807) is 6.92 Å². The number of hydrogen-bond acceptors (Lipinski definition) is 5. The van der Waals surface area contributed by atoms with E-state index in [1.165, 1.54) is 0 Å². The van der Waals surface area contributed by atoms with E-state index in [0.29, 0.717) is 26.2 Å². The topological polar surface area (TPSA) is 61.8 Å². The van der Waals surface area contributed by atoms with E-state index in [9.17, 15) is 9.59 Å². The summed E-state index contributed by atoms with van der Waals surface area (Å²) in [4.78, 5) is 25.0. The number of carbonyl (C=O) groups excluding carboxylic acids is 2. The van der Waals surface area contributed by atoms with Gasteiger partial charge in [-0.3, -0.25) is 9.59 Å². The SMILES string of the molecule is C=C1CC(C(=O)OC(C)(C)C)C(C(=O)OCC)C2COCC12. The number of esters is 2.